The normalized spacial score (nSPS) is 10.5. The molecule has 6 nitrogen and oxygen atoms in total. The van der Waals surface area contributed by atoms with Crippen LogP contribution in [-0.2, 0) is 9.53 Å². The first-order valence-electron chi connectivity index (χ1n) is 9.46. The molecule has 1 heterocycles. The van der Waals surface area contributed by atoms with Crippen molar-refractivity contribution in [3.63, 3.8) is 0 Å². The van der Waals surface area contributed by atoms with Gasteiger partial charge in [-0.15, -0.1) is 11.3 Å². The minimum atomic E-state index is -0.645. The molecule has 0 bridgehead atoms. The summed E-state index contributed by atoms with van der Waals surface area (Å²) in [6.07, 6.45) is 0. The topological polar surface area (TPSA) is 88.5 Å². The first-order valence-corrected chi connectivity index (χ1v) is 10.3. The number of thiazole rings is 1. The van der Waals surface area contributed by atoms with Crippen molar-refractivity contribution >= 4 is 28.3 Å². The molecule has 0 aliphatic heterocycles. The number of phenols is 1. The Morgan fingerprint density at radius 2 is 1.52 bits per heavy atom. The molecule has 0 saturated carbocycles. The number of anilines is 1. The molecule has 31 heavy (non-hydrogen) atoms. The zero-order valence-electron chi connectivity index (χ0n) is 16.3. The van der Waals surface area contributed by atoms with Gasteiger partial charge in [-0.3, -0.25) is 10.1 Å². The maximum atomic E-state index is 12.1. The second kappa shape index (κ2) is 9.23. The standard InChI is InChI=1S/C24H18N2O4S/c27-20-12-10-19(11-13-20)23(29)30-14-22(28)26-24-25-21(15-31-24)18-8-6-17(7-9-18)16-4-2-1-3-5-16/h1-13,15,27H,14H2,(H,25,26,28). The lowest BCUT2D eigenvalue weighted by atomic mass is 10.0. The SMILES string of the molecule is O=C(COC(=O)c1ccc(O)cc1)Nc1nc(-c2ccc(-c3ccccc3)cc2)cs1. The average Bonchev–Trinajstić information content (AvgIpc) is 3.27. The quantitative estimate of drug-likeness (QED) is 0.421. The van der Waals surface area contributed by atoms with Crippen LogP contribution in [0.5, 0.6) is 5.75 Å². The number of phenolic OH excluding ortho intramolecular Hbond substituents is 1. The second-order valence-electron chi connectivity index (χ2n) is 6.65. The predicted octanol–water partition coefficient (Wildman–Crippen LogP) is 4.98. The molecule has 4 rings (SSSR count). The van der Waals surface area contributed by atoms with Crippen LogP contribution in [0.2, 0.25) is 0 Å². The molecular formula is C24H18N2O4S. The first-order chi connectivity index (χ1) is 15.1. The van der Waals surface area contributed by atoms with Crippen LogP contribution in [0.3, 0.4) is 0 Å². The summed E-state index contributed by atoms with van der Waals surface area (Å²) in [5.41, 5.74) is 4.20. The van der Waals surface area contributed by atoms with E-state index < -0.39 is 18.5 Å². The molecule has 0 spiro atoms. The molecule has 0 unspecified atom stereocenters. The van der Waals surface area contributed by atoms with E-state index >= 15 is 0 Å². The van der Waals surface area contributed by atoms with Crippen LogP contribution >= 0.6 is 11.3 Å². The Bertz CT molecular complexity index is 1190. The number of carbonyl (C=O) groups is 2. The van der Waals surface area contributed by atoms with Gasteiger partial charge in [0.05, 0.1) is 11.3 Å². The van der Waals surface area contributed by atoms with E-state index in [9.17, 15) is 14.7 Å². The van der Waals surface area contributed by atoms with Crippen molar-refractivity contribution in [2.75, 3.05) is 11.9 Å². The van der Waals surface area contributed by atoms with Gasteiger partial charge in [0.25, 0.3) is 5.91 Å². The fraction of sp³-hybridized carbons (Fsp3) is 0.0417. The maximum absolute atomic E-state index is 12.1. The number of nitrogens with zero attached hydrogens (tertiary/aromatic N) is 1. The highest BCUT2D eigenvalue weighted by molar-refractivity contribution is 7.14. The van der Waals surface area contributed by atoms with Crippen molar-refractivity contribution in [2.45, 2.75) is 0 Å². The average molecular weight is 430 g/mol. The van der Waals surface area contributed by atoms with E-state index in [1.807, 2.05) is 47.8 Å². The third-order valence-corrected chi connectivity index (χ3v) is 5.23. The van der Waals surface area contributed by atoms with Crippen LogP contribution in [0.15, 0.2) is 84.2 Å². The van der Waals surface area contributed by atoms with Gasteiger partial charge in [-0.05, 0) is 35.4 Å². The second-order valence-corrected chi connectivity index (χ2v) is 7.51. The third kappa shape index (κ3) is 5.15. The molecule has 4 aromatic rings. The number of hydrogen-bond donors (Lipinski definition) is 2. The van der Waals surface area contributed by atoms with Gasteiger partial charge in [0.2, 0.25) is 0 Å². The lowest BCUT2D eigenvalue weighted by Gasteiger charge is -2.05. The first kappa shape index (κ1) is 20.3. The number of ether oxygens (including phenoxy) is 1. The van der Waals surface area contributed by atoms with Crippen LogP contribution in [0, 0.1) is 0 Å². The van der Waals surface area contributed by atoms with E-state index in [4.69, 9.17) is 4.74 Å². The molecule has 0 aliphatic carbocycles. The largest absolute Gasteiger partial charge is 0.508 e. The molecule has 3 aromatic carbocycles. The van der Waals surface area contributed by atoms with E-state index in [0.29, 0.717) is 5.13 Å². The minimum absolute atomic E-state index is 0.0450. The number of esters is 1. The van der Waals surface area contributed by atoms with Gasteiger partial charge in [-0.25, -0.2) is 9.78 Å². The van der Waals surface area contributed by atoms with Crippen molar-refractivity contribution in [1.29, 1.82) is 0 Å². The summed E-state index contributed by atoms with van der Waals surface area (Å²) in [6, 6.07) is 23.7. The van der Waals surface area contributed by atoms with Crippen molar-refractivity contribution in [2.24, 2.45) is 0 Å². The number of nitrogens with one attached hydrogen (secondary N) is 1. The van der Waals surface area contributed by atoms with E-state index in [1.54, 1.807) is 0 Å². The van der Waals surface area contributed by atoms with Crippen LogP contribution in [-0.4, -0.2) is 28.6 Å². The van der Waals surface area contributed by atoms with Crippen molar-refractivity contribution in [3.8, 4) is 28.1 Å². The monoisotopic (exact) mass is 430 g/mol. The lowest BCUT2D eigenvalue weighted by molar-refractivity contribution is -0.119. The van der Waals surface area contributed by atoms with E-state index in [-0.39, 0.29) is 11.3 Å². The summed E-state index contributed by atoms with van der Waals surface area (Å²) >= 11 is 1.29. The fourth-order valence-corrected chi connectivity index (χ4v) is 3.63. The highest BCUT2D eigenvalue weighted by Gasteiger charge is 2.12. The van der Waals surface area contributed by atoms with Gasteiger partial charge in [0, 0.05) is 10.9 Å². The van der Waals surface area contributed by atoms with Gasteiger partial charge in [-0.1, -0.05) is 54.6 Å². The predicted molar refractivity (Wildman–Crippen MR) is 120 cm³/mol. The smallest absolute Gasteiger partial charge is 0.338 e. The number of hydrogen-bond acceptors (Lipinski definition) is 6. The minimum Gasteiger partial charge on any atom is -0.508 e. The van der Waals surface area contributed by atoms with Crippen molar-refractivity contribution in [3.05, 3.63) is 89.8 Å². The molecule has 0 aliphatic rings. The Hall–Kier alpha value is -3.97. The molecule has 7 heteroatoms. The molecule has 2 N–H and O–H groups in total. The third-order valence-electron chi connectivity index (χ3n) is 4.48. The van der Waals surface area contributed by atoms with Crippen molar-refractivity contribution in [1.82, 2.24) is 4.98 Å². The van der Waals surface area contributed by atoms with Crippen LogP contribution in [0.1, 0.15) is 10.4 Å². The van der Waals surface area contributed by atoms with E-state index in [2.05, 4.69) is 22.4 Å². The Morgan fingerprint density at radius 1 is 0.871 bits per heavy atom. The fourth-order valence-electron chi connectivity index (χ4n) is 2.90. The zero-order chi connectivity index (χ0) is 21.6. The van der Waals surface area contributed by atoms with Crippen LogP contribution < -0.4 is 5.32 Å². The highest BCUT2D eigenvalue weighted by Crippen LogP contribution is 2.27. The Labute approximate surface area is 182 Å². The molecule has 0 atom stereocenters. The molecule has 154 valence electrons. The number of benzene rings is 3. The summed E-state index contributed by atoms with van der Waals surface area (Å²) in [6.45, 7) is -0.430. The summed E-state index contributed by atoms with van der Waals surface area (Å²) in [4.78, 5) is 28.5. The van der Waals surface area contributed by atoms with E-state index in [1.165, 1.54) is 35.6 Å². The number of aromatic hydroxyl groups is 1. The van der Waals surface area contributed by atoms with Crippen LogP contribution in [0.4, 0.5) is 5.13 Å². The number of carbonyl (C=O) groups excluding carboxylic acids is 2. The van der Waals surface area contributed by atoms with E-state index in [0.717, 1.165) is 22.4 Å². The van der Waals surface area contributed by atoms with Gasteiger partial charge in [-0.2, -0.15) is 0 Å². The van der Waals surface area contributed by atoms with Gasteiger partial charge in [0.1, 0.15) is 5.75 Å². The Kier molecular flexibility index (Phi) is 6.05. The van der Waals surface area contributed by atoms with Gasteiger partial charge < -0.3 is 9.84 Å². The highest BCUT2D eigenvalue weighted by atomic mass is 32.1. The van der Waals surface area contributed by atoms with Gasteiger partial charge in [0.15, 0.2) is 11.7 Å². The Balaban J connectivity index is 1.34. The zero-order valence-corrected chi connectivity index (χ0v) is 17.1. The number of rotatable bonds is 6. The molecule has 0 fully saturated rings. The molecule has 0 radical (unpaired) electrons. The van der Waals surface area contributed by atoms with Crippen molar-refractivity contribution < 1.29 is 19.4 Å². The lowest BCUT2D eigenvalue weighted by Crippen LogP contribution is -2.20. The summed E-state index contributed by atoms with van der Waals surface area (Å²) < 4.78 is 4.99. The summed E-state index contributed by atoms with van der Waals surface area (Å²) in [5.74, 6) is -1.08. The maximum Gasteiger partial charge on any atom is 0.338 e. The molecule has 1 aromatic heterocycles. The Morgan fingerprint density at radius 3 is 2.23 bits per heavy atom. The summed E-state index contributed by atoms with van der Waals surface area (Å²) in [7, 11) is 0. The molecule has 0 saturated heterocycles. The summed E-state index contributed by atoms with van der Waals surface area (Å²) in [5, 5.41) is 14.2. The van der Waals surface area contributed by atoms with Gasteiger partial charge >= 0.3 is 5.97 Å². The van der Waals surface area contributed by atoms with Crippen LogP contribution in [0.25, 0.3) is 22.4 Å². The number of amides is 1. The molecular weight excluding hydrogens is 412 g/mol. The number of aromatic nitrogens is 1. The molecule has 1 amide bonds.